The zero-order valence-corrected chi connectivity index (χ0v) is 16.0. The van der Waals surface area contributed by atoms with Crippen LogP contribution < -0.4 is 5.32 Å². The molecule has 4 rings (SSSR count). The maximum atomic E-state index is 13.1. The molecule has 1 saturated carbocycles. The van der Waals surface area contributed by atoms with Crippen molar-refractivity contribution < 1.29 is 13.2 Å². The zero-order chi connectivity index (χ0) is 19.9. The Morgan fingerprint density at radius 2 is 2.04 bits per heavy atom. The van der Waals surface area contributed by atoms with E-state index >= 15 is 0 Å². The van der Waals surface area contributed by atoms with E-state index in [1.807, 2.05) is 13.0 Å². The van der Waals surface area contributed by atoms with Gasteiger partial charge in [0.2, 0.25) is 0 Å². The van der Waals surface area contributed by atoms with E-state index in [9.17, 15) is 13.2 Å². The molecule has 1 fully saturated rings. The zero-order valence-electron chi connectivity index (χ0n) is 15.2. The van der Waals surface area contributed by atoms with Gasteiger partial charge in [-0.05, 0) is 49.1 Å². The molecule has 0 unspecified atom stereocenters. The smallest absolute Gasteiger partial charge is 0.332 e. The Balaban J connectivity index is 1.68. The summed E-state index contributed by atoms with van der Waals surface area (Å²) in [5.74, 6) is 0.312. The number of halogens is 3. The predicted octanol–water partition coefficient (Wildman–Crippen LogP) is 6.49. The summed E-state index contributed by atoms with van der Waals surface area (Å²) in [4.78, 5) is 9.55. The average Bonchev–Trinajstić information content (AvgIpc) is 3.42. The third-order valence-corrected chi connectivity index (χ3v) is 5.71. The van der Waals surface area contributed by atoms with Crippen molar-refractivity contribution in [1.82, 2.24) is 9.97 Å². The Hall–Kier alpha value is -2.67. The van der Waals surface area contributed by atoms with Gasteiger partial charge in [-0.1, -0.05) is 30.0 Å². The number of hydrogen-bond donors (Lipinski definition) is 1. The molecule has 0 spiro atoms. The highest BCUT2D eigenvalue weighted by Crippen LogP contribution is 2.48. The van der Waals surface area contributed by atoms with Crippen LogP contribution in [0, 0.1) is 6.92 Å². The summed E-state index contributed by atoms with van der Waals surface area (Å²) >= 11 is 1.36. The third kappa shape index (κ3) is 3.80. The van der Waals surface area contributed by atoms with Gasteiger partial charge < -0.3 is 5.32 Å². The van der Waals surface area contributed by atoms with Crippen molar-refractivity contribution in [3.05, 3.63) is 71.7 Å². The highest BCUT2D eigenvalue weighted by atomic mass is 32.1. The number of pyridine rings is 1. The van der Waals surface area contributed by atoms with Crippen LogP contribution in [0.25, 0.3) is 16.1 Å². The molecule has 1 aliphatic carbocycles. The molecule has 0 saturated heterocycles. The highest BCUT2D eigenvalue weighted by Gasteiger charge is 2.33. The summed E-state index contributed by atoms with van der Waals surface area (Å²) in [7, 11) is 0. The van der Waals surface area contributed by atoms with Crippen LogP contribution in [0.4, 0.5) is 18.3 Å². The van der Waals surface area contributed by atoms with Crippen LogP contribution in [0.3, 0.4) is 0 Å². The van der Waals surface area contributed by atoms with E-state index in [1.54, 1.807) is 18.5 Å². The number of hydrogen-bond acceptors (Lipinski definition) is 4. The van der Waals surface area contributed by atoms with E-state index in [0.29, 0.717) is 22.3 Å². The molecule has 0 amide bonds. The second-order valence-electron chi connectivity index (χ2n) is 6.88. The number of thiazole rings is 1. The molecule has 1 aromatic carbocycles. The molecule has 0 aliphatic heterocycles. The average molecular weight is 401 g/mol. The monoisotopic (exact) mass is 401 g/mol. The Morgan fingerprint density at radius 3 is 2.71 bits per heavy atom. The molecule has 1 N–H and O–H groups in total. The second kappa shape index (κ2) is 7.05. The fraction of sp³-hybridized carbons (Fsp3) is 0.238. The lowest BCUT2D eigenvalue weighted by atomic mass is 10.1. The van der Waals surface area contributed by atoms with Gasteiger partial charge in [0, 0.05) is 29.6 Å². The van der Waals surface area contributed by atoms with Crippen LogP contribution in [0.1, 0.15) is 41.1 Å². The summed E-state index contributed by atoms with van der Waals surface area (Å²) in [6.07, 6.45) is 1.11. The van der Waals surface area contributed by atoms with Crippen molar-refractivity contribution >= 4 is 22.2 Å². The first-order valence-electron chi connectivity index (χ1n) is 8.88. The number of aromatic nitrogens is 2. The van der Waals surface area contributed by atoms with Crippen LogP contribution in [0.15, 0.2) is 49.3 Å². The van der Waals surface area contributed by atoms with Crippen molar-refractivity contribution in [3.63, 3.8) is 0 Å². The van der Waals surface area contributed by atoms with E-state index in [4.69, 9.17) is 0 Å². The van der Waals surface area contributed by atoms with Crippen molar-refractivity contribution in [2.24, 2.45) is 0 Å². The van der Waals surface area contributed by atoms with Gasteiger partial charge in [-0.2, -0.15) is 13.2 Å². The topological polar surface area (TPSA) is 37.8 Å². The maximum Gasteiger partial charge on any atom is 0.416 e. The SMILES string of the molecule is C=C(Nc1nc(C2CC2)c(-c2cccc(C(F)(F)F)c2)s1)c1ccncc1C. The first-order chi connectivity index (χ1) is 13.3. The second-order valence-corrected chi connectivity index (χ2v) is 7.88. The molecule has 0 radical (unpaired) electrons. The molecule has 2 heterocycles. The van der Waals surface area contributed by atoms with Crippen LogP contribution in [-0.2, 0) is 6.18 Å². The Kier molecular flexibility index (Phi) is 4.71. The standard InChI is InChI=1S/C21H18F3N3S/c1-12-11-25-9-8-17(12)13(2)26-20-27-18(14-6-7-14)19(28-20)15-4-3-5-16(10-15)21(22,23)24/h3-5,8-11,14H,2,6-7H2,1H3,(H,26,27). The molecule has 2 aromatic heterocycles. The maximum absolute atomic E-state index is 13.1. The summed E-state index contributed by atoms with van der Waals surface area (Å²) in [6, 6.07) is 7.31. The highest BCUT2D eigenvalue weighted by molar-refractivity contribution is 7.19. The fourth-order valence-corrected chi connectivity index (χ4v) is 4.14. The van der Waals surface area contributed by atoms with Crippen LogP contribution in [0.5, 0.6) is 0 Å². The normalized spacial score (nSPS) is 14.1. The Labute approximate surface area is 165 Å². The first-order valence-corrected chi connectivity index (χ1v) is 9.70. The van der Waals surface area contributed by atoms with Gasteiger partial charge in [-0.25, -0.2) is 4.98 Å². The molecule has 7 heteroatoms. The van der Waals surface area contributed by atoms with E-state index in [2.05, 4.69) is 21.9 Å². The molecule has 28 heavy (non-hydrogen) atoms. The summed E-state index contributed by atoms with van der Waals surface area (Å²) in [6.45, 7) is 6.02. The lowest BCUT2D eigenvalue weighted by molar-refractivity contribution is -0.137. The van der Waals surface area contributed by atoms with E-state index in [1.165, 1.54) is 23.5 Å². The molecular weight excluding hydrogens is 383 g/mol. The van der Waals surface area contributed by atoms with E-state index in [-0.39, 0.29) is 0 Å². The molecule has 3 aromatic rings. The Morgan fingerprint density at radius 1 is 1.25 bits per heavy atom. The first kappa shape index (κ1) is 18.7. The number of nitrogens with zero attached hydrogens (tertiary/aromatic N) is 2. The minimum Gasteiger partial charge on any atom is -0.332 e. The third-order valence-electron chi connectivity index (χ3n) is 4.67. The molecule has 0 bridgehead atoms. The largest absolute Gasteiger partial charge is 0.416 e. The predicted molar refractivity (Wildman–Crippen MR) is 106 cm³/mol. The number of aryl methyl sites for hydroxylation is 1. The molecule has 144 valence electrons. The summed E-state index contributed by atoms with van der Waals surface area (Å²) in [5.41, 5.74) is 3.37. The van der Waals surface area contributed by atoms with Gasteiger partial charge in [0.05, 0.1) is 16.1 Å². The van der Waals surface area contributed by atoms with Crippen LogP contribution in [-0.4, -0.2) is 9.97 Å². The minimum absolute atomic E-state index is 0.312. The van der Waals surface area contributed by atoms with E-state index in [0.717, 1.165) is 40.6 Å². The number of alkyl halides is 3. The molecule has 3 nitrogen and oxygen atoms in total. The molecule has 1 aliphatic rings. The van der Waals surface area contributed by atoms with Crippen molar-refractivity contribution in [1.29, 1.82) is 0 Å². The van der Waals surface area contributed by atoms with Gasteiger partial charge in [-0.3, -0.25) is 4.98 Å². The number of benzene rings is 1. The minimum atomic E-state index is -4.37. The van der Waals surface area contributed by atoms with Crippen LogP contribution >= 0.6 is 11.3 Å². The Bertz CT molecular complexity index is 1040. The summed E-state index contributed by atoms with van der Waals surface area (Å²) < 4.78 is 39.3. The van der Waals surface area contributed by atoms with Gasteiger partial charge in [0.25, 0.3) is 0 Å². The van der Waals surface area contributed by atoms with Gasteiger partial charge >= 0.3 is 6.18 Å². The van der Waals surface area contributed by atoms with Gasteiger partial charge in [0.1, 0.15) is 0 Å². The van der Waals surface area contributed by atoms with E-state index < -0.39 is 11.7 Å². The molecular formula is C21H18F3N3S. The lowest BCUT2D eigenvalue weighted by Crippen LogP contribution is -2.04. The number of rotatable bonds is 5. The van der Waals surface area contributed by atoms with Gasteiger partial charge in [-0.15, -0.1) is 0 Å². The molecule has 0 atom stereocenters. The lowest BCUT2D eigenvalue weighted by Gasteiger charge is -2.09. The number of anilines is 1. The van der Waals surface area contributed by atoms with Gasteiger partial charge in [0.15, 0.2) is 5.13 Å². The van der Waals surface area contributed by atoms with Crippen molar-refractivity contribution in [2.75, 3.05) is 5.32 Å². The van der Waals surface area contributed by atoms with Crippen LogP contribution in [0.2, 0.25) is 0 Å². The van der Waals surface area contributed by atoms with Crippen molar-refractivity contribution in [2.45, 2.75) is 31.9 Å². The fourth-order valence-electron chi connectivity index (χ4n) is 3.07. The van der Waals surface area contributed by atoms with Crippen molar-refractivity contribution in [3.8, 4) is 10.4 Å². The summed E-state index contributed by atoms with van der Waals surface area (Å²) in [5, 5.41) is 3.85. The quantitative estimate of drug-likeness (QED) is 0.531. The number of nitrogens with one attached hydrogen (secondary N) is 1.